The van der Waals surface area contributed by atoms with Crippen LogP contribution in [0.2, 0.25) is 0 Å². The number of ether oxygens (including phenoxy) is 1. The van der Waals surface area contributed by atoms with Crippen molar-refractivity contribution in [2.24, 2.45) is 0 Å². The second kappa shape index (κ2) is 8.89. The van der Waals surface area contributed by atoms with Crippen LogP contribution in [-0.2, 0) is 11.3 Å². The minimum atomic E-state index is -0.152. The highest BCUT2D eigenvalue weighted by Crippen LogP contribution is 2.35. The quantitative estimate of drug-likeness (QED) is 0.476. The van der Waals surface area contributed by atoms with Crippen LogP contribution < -0.4 is 0 Å². The summed E-state index contributed by atoms with van der Waals surface area (Å²) in [4.78, 5) is 14.7. The molecule has 0 spiro atoms. The van der Waals surface area contributed by atoms with Gasteiger partial charge in [0.2, 0.25) is 0 Å². The van der Waals surface area contributed by atoms with E-state index in [1.165, 1.54) is 24.8 Å². The van der Waals surface area contributed by atoms with Crippen LogP contribution in [0.5, 0.6) is 0 Å². The minimum absolute atomic E-state index is 0.152. The van der Waals surface area contributed by atoms with Gasteiger partial charge in [-0.2, -0.15) is 0 Å². The molecular formula is C22H29NO2. The highest BCUT2D eigenvalue weighted by Gasteiger charge is 2.37. The molecule has 1 fully saturated rings. The van der Waals surface area contributed by atoms with Crippen LogP contribution in [0.1, 0.15) is 56.9 Å². The zero-order chi connectivity index (χ0) is 17.5. The molecule has 1 amide bonds. The lowest BCUT2D eigenvalue weighted by Crippen LogP contribution is -2.51. The Labute approximate surface area is 151 Å². The zero-order valence-electron chi connectivity index (χ0n) is 15.0. The highest BCUT2D eigenvalue weighted by molar-refractivity contribution is 5.69. The fourth-order valence-corrected chi connectivity index (χ4v) is 4.02. The number of hydrogen-bond donors (Lipinski definition) is 0. The van der Waals surface area contributed by atoms with Crippen molar-refractivity contribution >= 4 is 6.09 Å². The molecule has 1 aromatic carbocycles. The molecule has 0 aromatic heterocycles. The van der Waals surface area contributed by atoms with E-state index >= 15 is 0 Å². The third-order valence-electron chi connectivity index (χ3n) is 5.29. The molecule has 134 valence electrons. The molecule has 2 atom stereocenters. The fourth-order valence-electron chi connectivity index (χ4n) is 4.02. The molecule has 2 aliphatic heterocycles. The van der Waals surface area contributed by atoms with Crippen molar-refractivity contribution in [3.63, 3.8) is 0 Å². The predicted molar refractivity (Wildman–Crippen MR) is 101 cm³/mol. The van der Waals surface area contributed by atoms with Gasteiger partial charge in [-0.1, -0.05) is 48.1 Å². The van der Waals surface area contributed by atoms with Gasteiger partial charge in [-0.05, 0) is 56.9 Å². The third kappa shape index (κ3) is 4.75. The molecule has 0 radical (unpaired) electrons. The van der Waals surface area contributed by atoms with E-state index in [9.17, 15) is 4.79 Å². The topological polar surface area (TPSA) is 29.5 Å². The van der Waals surface area contributed by atoms with Crippen molar-refractivity contribution < 1.29 is 9.53 Å². The number of amides is 1. The normalized spacial score (nSPS) is 22.2. The lowest BCUT2D eigenvalue weighted by atomic mass is 9.84. The fraction of sp³-hybridized carbons (Fsp3) is 0.500. The van der Waals surface area contributed by atoms with Gasteiger partial charge in [0.25, 0.3) is 0 Å². The molecule has 2 unspecified atom stereocenters. The average molecular weight is 339 g/mol. The van der Waals surface area contributed by atoms with Gasteiger partial charge in [-0.15, -0.1) is 6.58 Å². The lowest BCUT2D eigenvalue weighted by Gasteiger charge is -2.44. The Morgan fingerprint density at radius 2 is 2.08 bits per heavy atom. The first-order valence-corrected chi connectivity index (χ1v) is 9.57. The first-order chi connectivity index (χ1) is 12.3. The number of carbonyl (C=O) groups excluding carboxylic acids is 1. The lowest BCUT2D eigenvalue weighted by molar-refractivity contribution is 0.0479. The Bertz CT molecular complexity index is 608. The molecule has 0 saturated carbocycles. The maximum absolute atomic E-state index is 12.7. The Balaban J connectivity index is 1.57. The van der Waals surface area contributed by atoms with E-state index in [4.69, 9.17) is 4.74 Å². The predicted octanol–water partition coefficient (Wildman–Crippen LogP) is 5.62. The number of hydrogen-bond acceptors (Lipinski definition) is 2. The van der Waals surface area contributed by atoms with Gasteiger partial charge < -0.3 is 4.74 Å². The number of piperidine rings is 1. The second-order valence-corrected chi connectivity index (χ2v) is 7.16. The van der Waals surface area contributed by atoms with Gasteiger partial charge in [-0.3, -0.25) is 4.90 Å². The maximum Gasteiger partial charge on any atom is 0.410 e. The highest BCUT2D eigenvalue weighted by atomic mass is 16.6. The van der Waals surface area contributed by atoms with Crippen LogP contribution in [0.4, 0.5) is 4.79 Å². The molecule has 3 nitrogen and oxygen atoms in total. The molecule has 25 heavy (non-hydrogen) atoms. The summed E-state index contributed by atoms with van der Waals surface area (Å²) in [7, 11) is 0. The number of rotatable bonds is 7. The van der Waals surface area contributed by atoms with Crippen molar-refractivity contribution in [2.75, 3.05) is 0 Å². The third-order valence-corrected chi connectivity index (χ3v) is 5.29. The number of nitrogens with zero attached hydrogens (tertiary/aromatic N) is 1. The smallest absolute Gasteiger partial charge is 0.410 e. The van der Waals surface area contributed by atoms with E-state index in [-0.39, 0.29) is 12.1 Å². The maximum atomic E-state index is 12.7. The summed E-state index contributed by atoms with van der Waals surface area (Å²) in [6, 6.07) is 10.4. The SMILES string of the molecule is C=CCCCCC1=CC2CCCC(C1)N2C(=O)OCc1ccccc1. The minimum Gasteiger partial charge on any atom is -0.445 e. The standard InChI is InChI=1S/C22H29NO2/c1-2-3-4-6-12-19-15-20-13-9-14-21(16-19)23(20)22(24)25-17-18-10-7-5-8-11-18/h2,5,7-8,10-11,15,20-21H,1,3-4,6,9,12-14,16-17H2. The van der Waals surface area contributed by atoms with Gasteiger partial charge >= 0.3 is 6.09 Å². The monoisotopic (exact) mass is 339 g/mol. The summed E-state index contributed by atoms with van der Waals surface area (Å²) >= 11 is 0. The van der Waals surface area contributed by atoms with Gasteiger partial charge in [0.1, 0.15) is 6.61 Å². The molecular weight excluding hydrogens is 310 g/mol. The molecule has 0 N–H and O–H groups in total. The van der Waals surface area contributed by atoms with Crippen LogP contribution in [-0.4, -0.2) is 23.1 Å². The van der Waals surface area contributed by atoms with Crippen LogP contribution in [0.3, 0.4) is 0 Å². The Morgan fingerprint density at radius 3 is 2.84 bits per heavy atom. The van der Waals surface area contributed by atoms with E-state index in [0.717, 1.165) is 37.7 Å². The average Bonchev–Trinajstić information content (AvgIpc) is 2.63. The molecule has 2 bridgehead atoms. The van der Waals surface area contributed by atoms with Gasteiger partial charge in [0.05, 0.1) is 6.04 Å². The number of benzene rings is 1. The van der Waals surface area contributed by atoms with E-state index in [0.29, 0.717) is 12.6 Å². The summed E-state index contributed by atoms with van der Waals surface area (Å²) in [5.41, 5.74) is 2.57. The number of unbranched alkanes of at least 4 members (excludes halogenated alkanes) is 2. The molecule has 1 aromatic rings. The number of fused-ring (bicyclic) bond motifs is 2. The van der Waals surface area contributed by atoms with E-state index in [1.807, 2.05) is 41.3 Å². The van der Waals surface area contributed by atoms with Crippen LogP contribution in [0, 0.1) is 0 Å². The van der Waals surface area contributed by atoms with Crippen molar-refractivity contribution in [3.8, 4) is 0 Å². The summed E-state index contributed by atoms with van der Waals surface area (Å²) in [6.07, 6.45) is 13.2. The molecule has 2 aliphatic rings. The summed E-state index contributed by atoms with van der Waals surface area (Å²) in [6.45, 7) is 4.14. The van der Waals surface area contributed by atoms with E-state index < -0.39 is 0 Å². The van der Waals surface area contributed by atoms with Gasteiger partial charge in [0, 0.05) is 6.04 Å². The van der Waals surface area contributed by atoms with Crippen LogP contribution in [0.15, 0.2) is 54.6 Å². The van der Waals surface area contributed by atoms with E-state index in [2.05, 4.69) is 12.7 Å². The Morgan fingerprint density at radius 1 is 1.24 bits per heavy atom. The van der Waals surface area contributed by atoms with Crippen molar-refractivity contribution in [1.29, 1.82) is 0 Å². The molecule has 3 heteroatoms. The summed E-state index contributed by atoms with van der Waals surface area (Å²) in [5, 5.41) is 0. The Kier molecular flexibility index (Phi) is 6.32. The van der Waals surface area contributed by atoms with Gasteiger partial charge in [0.15, 0.2) is 0 Å². The summed E-state index contributed by atoms with van der Waals surface area (Å²) < 4.78 is 5.60. The van der Waals surface area contributed by atoms with Crippen LogP contribution in [0.25, 0.3) is 0 Å². The molecule has 2 heterocycles. The van der Waals surface area contributed by atoms with Crippen molar-refractivity contribution in [2.45, 2.75) is 70.1 Å². The number of allylic oxidation sites excluding steroid dienone is 1. The first-order valence-electron chi connectivity index (χ1n) is 9.57. The molecule has 0 aliphatic carbocycles. The largest absolute Gasteiger partial charge is 0.445 e. The molecule has 3 rings (SSSR count). The van der Waals surface area contributed by atoms with Crippen LogP contribution >= 0.6 is 0 Å². The zero-order valence-corrected chi connectivity index (χ0v) is 15.0. The summed E-state index contributed by atoms with van der Waals surface area (Å²) in [5.74, 6) is 0. The van der Waals surface area contributed by atoms with E-state index in [1.54, 1.807) is 0 Å². The first kappa shape index (κ1) is 17.8. The van der Waals surface area contributed by atoms with Crippen molar-refractivity contribution in [3.05, 3.63) is 60.2 Å². The van der Waals surface area contributed by atoms with Crippen molar-refractivity contribution in [1.82, 2.24) is 4.90 Å². The molecule has 1 saturated heterocycles. The number of carbonyl (C=O) groups is 1. The second-order valence-electron chi connectivity index (χ2n) is 7.16. The Hall–Kier alpha value is -2.03. The van der Waals surface area contributed by atoms with Gasteiger partial charge in [-0.25, -0.2) is 4.79 Å².